The number of para-hydroxylation sites is 1. The molecule has 110 valence electrons. The van der Waals surface area contributed by atoms with E-state index in [0.29, 0.717) is 11.4 Å². The van der Waals surface area contributed by atoms with Gasteiger partial charge in [0, 0.05) is 7.05 Å². The Labute approximate surface area is 121 Å². The normalized spacial score (nSPS) is 10.2. The Morgan fingerprint density at radius 1 is 1.24 bits per heavy atom. The van der Waals surface area contributed by atoms with Gasteiger partial charge < -0.3 is 16.0 Å². The van der Waals surface area contributed by atoms with Gasteiger partial charge in [-0.1, -0.05) is 12.1 Å². The van der Waals surface area contributed by atoms with E-state index in [-0.39, 0.29) is 18.1 Å². The molecule has 2 aromatic rings. The third-order valence-corrected chi connectivity index (χ3v) is 2.93. The van der Waals surface area contributed by atoms with Crippen LogP contribution in [0.25, 0.3) is 0 Å². The minimum Gasteiger partial charge on any atom is -0.397 e. The molecule has 0 spiro atoms. The molecule has 0 aliphatic rings. The highest BCUT2D eigenvalue weighted by Gasteiger charge is 2.12. The Bertz CT molecular complexity index is 661. The van der Waals surface area contributed by atoms with Crippen molar-refractivity contribution >= 4 is 23.0 Å². The lowest BCUT2D eigenvalue weighted by molar-refractivity contribution is -0.114. The van der Waals surface area contributed by atoms with E-state index in [0.717, 1.165) is 6.07 Å². The van der Waals surface area contributed by atoms with Gasteiger partial charge in [0.1, 0.15) is 11.6 Å². The number of likely N-dealkylation sites (N-methyl/N-ethyl adjacent to an activating group) is 1. The van der Waals surface area contributed by atoms with Crippen molar-refractivity contribution in [2.75, 3.05) is 29.5 Å². The first-order valence-electron chi connectivity index (χ1n) is 6.28. The van der Waals surface area contributed by atoms with Crippen molar-refractivity contribution in [1.82, 2.24) is 0 Å². The van der Waals surface area contributed by atoms with E-state index in [1.54, 1.807) is 25.2 Å². The summed E-state index contributed by atoms with van der Waals surface area (Å²) in [4.78, 5) is 13.4. The van der Waals surface area contributed by atoms with Crippen molar-refractivity contribution < 1.29 is 13.6 Å². The summed E-state index contributed by atoms with van der Waals surface area (Å²) in [5.41, 5.74) is 6.39. The van der Waals surface area contributed by atoms with E-state index in [2.05, 4.69) is 5.32 Å². The number of nitrogens with zero attached hydrogens (tertiary/aromatic N) is 1. The van der Waals surface area contributed by atoms with Gasteiger partial charge in [0.2, 0.25) is 5.91 Å². The van der Waals surface area contributed by atoms with Crippen molar-refractivity contribution in [3.63, 3.8) is 0 Å². The average molecular weight is 291 g/mol. The zero-order valence-electron chi connectivity index (χ0n) is 11.4. The summed E-state index contributed by atoms with van der Waals surface area (Å²) >= 11 is 0. The minimum atomic E-state index is -0.478. The quantitative estimate of drug-likeness (QED) is 0.851. The molecule has 0 radical (unpaired) electrons. The molecule has 0 aliphatic carbocycles. The first-order valence-corrected chi connectivity index (χ1v) is 6.28. The molecule has 21 heavy (non-hydrogen) atoms. The van der Waals surface area contributed by atoms with E-state index >= 15 is 0 Å². The van der Waals surface area contributed by atoms with Crippen LogP contribution in [0.5, 0.6) is 0 Å². The second-order valence-corrected chi connectivity index (χ2v) is 4.59. The number of rotatable bonds is 4. The zero-order valence-corrected chi connectivity index (χ0v) is 11.4. The molecule has 0 aliphatic heterocycles. The zero-order chi connectivity index (χ0) is 15.4. The standard InChI is InChI=1S/C15H15F2N3O/c1-20(14-5-3-2-4-11(14)17)9-15(21)19-13-7-6-10(16)8-12(13)18/h2-8H,9,18H2,1H3,(H,19,21). The lowest BCUT2D eigenvalue weighted by atomic mass is 10.2. The van der Waals surface area contributed by atoms with E-state index in [1.807, 2.05) is 0 Å². The highest BCUT2D eigenvalue weighted by atomic mass is 19.1. The average Bonchev–Trinajstić information content (AvgIpc) is 2.42. The van der Waals surface area contributed by atoms with Crippen LogP contribution in [0.3, 0.4) is 0 Å². The number of nitrogens with two attached hydrogens (primary N) is 1. The van der Waals surface area contributed by atoms with Gasteiger partial charge in [-0.15, -0.1) is 0 Å². The van der Waals surface area contributed by atoms with Crippen LogP contribution in [-0.2, 0) is 4.79 Å². The van der Waals surface area contributed by atoms with Gasteiger partial charge in [-0.25, -0.2) is 8.78 Å². The summed E-state index contributed by atoms with van der Waals surface area (Å²) < 4.78 is 26.5. The highest BCUT2D eigenvalue weighted by Crippen LogP contribution is 2.20. The number of anilines is 3. The molecule has 0 fully saturated rings. The molecule has 3 N–H and O–H groups in total. The maximum Gasteiger partial charge on any atom is 0.243 e. The molecule has 2 rings (SSSR count). The molecule has 0 unspecified atom stereocenters. The van der Waals surface area contributed by atoms with Crippen LogP contribution < -0.4 is 16.0 Å². The van der Waals surface area contributed by atoms with Crippen molar-refractivity contribution in [3.8, 4) is 0 Å². The highest BCUT2D eigenvalue weighted by molar-refractivity contribution is 5.96. The van der Waals surface area contributed by atoms with Crippen LogP contribution in [0.4, 0.5) is 25.8 Å². The molecule has 4 nitrogen and oxygen atoms in total. The summed E-state index contributed by atoms with van der Waals surface area (Å²) in [6.45, 7) is -0.0578. The van der Waals surface area contributed by atoms with Crippen LogP contribution in [0.1, 0.15) is 0 Å². The molecule has 0 aromatic heterocycles. The Morgan fingerprint density at radius 2 is 1.95 bits per heavy atom. The van der Waals surface area contributed by atoms with Gasteiger partial charge in [-0.05, 0) is 30.3 Å². The van der Waals surface area contributed by atoms with Crippen LogP contribution in [0.15, 0.2) is 42.5 Å². The number of halogens is 2. The van der Waals surface area contributed by atoms with Gasteiger partial charge in [-0.2, -0.15) is 0 Å². The smallest absolute Gasteiger partial charge is 0.243 e. The maximum atomic E-state index is 13.6. The van der Waals surface area contributed by atoms with E-state index in [9.17, 15) is 13.6 Å². The van der Waals surface area contributed by atoms with Crippen LogP contribution in [-0.4, -0.2) is 19.5 Å². The second-order valence-electron chi connectivity index (χ2n) is 4.59. The summed E-state index contributed by atoms with van der Waals surface area (Å²) in [5, 5.41) is 2.56. The van der Waals surface area contributed by atoms with E-state index < -0.39 is 11.6 Å². The van der Waals surface area contributed by atoms with Gasteiger partial charge >= 0.3 is 0 Å². The molecular weight excluding hydrogens is 276 g/mol. The predicted molar refractivity (Wildman–Crippen MR) is 79.1 cm³/mol. The maximum absolute atomic E-state index is 13.6. The molecule has 2 aromatic carbocycles. The van der Waals surface area contributed by atoms with Crippen LogP contribution >= 0.6 is 0 Å². The van der Waals surface area contributed by atoms with E-state index in [1.165, 1.54) is 23.1 Å². The Kier molecular flexibility index (Phi) is 4.37. The summed E-state index contributed by atoms with van der Waals surface area (Å²) in [7, 11) is 1.60. The molecule has 1 amide bonds. The molecule has 0 bridgehead atoms. The molecule has 0 heterocycles. The van der Waals surface area contributed by atoms with Crippen LogP contribution in [0.2, 0.25) is 0 Å². The molecule has 0 saturated carbocycles. The molecular formula is C15H15F2N3O. The summed E-state index contributed by atoms with van der Waals surface area (Å²) in [6, 6.07) is 9.86. The second kappa shape index (κ2) is 6.21. The van der Waals surface area contributed by atoms with Crippen LogP contribution in [0, 0.1) is 11.6 Å². The third-order valence-electron chi connectivity index (χ3n) is 2.93. The number of nitrogens with one attached hydrogen (secondary N) is 1. The SMILES string of the molecule is CN(CC(=O)Nc1ccc(F)cc1N)c1ccccc1F. The monoisotopic (exact) mass is 291 g/mol. The number of carbonyl (C=O) groups is 1. The van der Waals surface area contributed by atoms with E-state index in [4.69, 9.17) is 5.73 Å². The van der Waals surface area contributed by atoms with Gasteiger partial charge in [0.25, 0.3) is 0 Å². The minimum absolute atomic E-state index is 0.0578. The van der Waals surface area contributed by atoms with Crippen molar-refractivity contribution in [2.24, 2.45) is 0 Å². The number of benzene rings is 2. The number of nitrogen functional groups attached to an aromatic ring is 1. The molecule has 6 heteroatoms. The summed E-state index contributed by atoms with van der Waals surface area (Å²) in [6.07, 6.45) is 0. The lowest BCUT2D eigenvalue weighted by Crippen LogP contribution is -2.30. The topological polar surface area (TPSA) is 58.4 Å². The lowest BCUT2D eigenvalue weighted by Gasteiger charge is -2.19. The third kappa shape index (κ3) is 3.68. The van der Waals surface area contributed by atoms with Crippen molar-refractivity contribution in [3.05, 3.63) is 54.1 Å². The fraction of sp³-hybridized carbons (Fsp3) is 0.133. The Morgan fingerprint density at radius 3 is 2.62 bits per heavy atom. The summed E-state index contributed by atoms with van der Waals surface area (Å²) in [5.74, 6) is -1.26. The van der Waals surface area contributed by atoms with Gasteiger partial charge in [-0.3, -0.25) is 4.79 Å². The fourth-order valence-electron chi connectivity index (χ4n) is 1.90. The van der Waals surface area contributed by atoms with Gasteiger partial charge in [0.05, 0.1) is 23.6 Å². The Balaban J connectivity index is 2.03. The fourth-order valence-corrected chi connectivity index (χ4v) is 1.90. The first-order chi connectivity index (χ1) is 9.97. The largest absolute Gasteiger partial charge is 0.397 e. The molecule has 0 atom stereocenters. The first kappa shape index (κ1) is 14.8. The van der Waals surface area contributed by atoms with Crippen molar-refractivity contribution in [1.29, 1.82) is 0 Å². The number of hydrogen-bond donors (Lipinski definition) is 2. The molecule has 0 saturated heterocycles. The number of carbonyl (C=O) groups excluding carboxylic acids is 1. The predicted octanol–water partition coefficient (Wildman–Crippen LogP) is 2.62. The van der Waals surface area contributed by atoms with Crippen molar-refractivity contribution in [2.45, 2.75) is 0 Å². The number of hydrogen-bond acceptors (Lipinski definition) is 3. The van der Waals surface area contributed by atoms with Gasteiger partial charge in [0.15, 0.2) is 0 Å². The Hall–Kier alpha value is -2.63. The number of amides is 1.